The summed E-state index contributed by atoms with van der Waals surface area (Å²) in [4.78, 5) is 0. The third-order valence-electron chi connectivity index (χ3n) is 2.21. The molecule has 5 heteroatoms. The van der Waals surface area contributed by atoms with Crippen LogP contribution in [-0.2, 0) is 10.0 Å². The normalized spacial score (nSPS) is 24.7. The molecular weight excluding hydrogens is 194 g/mol. The van der Waals surface area contributed by atoms with Crippen LogP contribution in [0.5, 0.6) is 0 Å². The Labute approximate surface area is 71.1 Å². The fourth-order valence-corrected chi connectivity index (χ4v) is 2.80. The summed E-state index contributed by atoms with van der Waals surface area (Å²) in [5, 5.41) is 0. The van der Waals surface area contributed by atoms with Gasteiger partial charge in [0.05, 0.1) is 0 Å². The molecule has 0 aromatic rings. The Morgan fingerprint density at radius 2 is 2.09 bits per heavy atom. The second-order valence-electron chi connectivity index (χ2n) is 2.95. The molecule has 11 heavy (non-hydrogen) atoms. The lowest BCUT2D eigenvalue weighted by Gasteiger charge is -2.39. The zero-order valence-corrected chi connectivity index (χ0v) is 7.43. The van der Waals surface area contributed by atoms with E-state index in [1.54, 1.807) is 0 Å². The molecule has 1 fully saturated rings. The summed E-state index contributed by atoms with van der Waals surface area (Å²) in [6, 6.07) is 0. The van der Waals surface area contributed by atoms with E-state index < -0.39 is 21.9 Å². The average molecular weight is 203 g/mol. The molecule has 0 saturated heterocycles. The minimum Gasteiger partial charge on any atom is -0.243 e. The van der Waals surface area contributed by atoms with Gasteiger partial charge in [-0.05, 0) is 23.5 Å². The quantitative estimate of drug-likeness (QED) is 0.642. The number of rotatable bonds is 3. The summed E-state index contributed by atoms with van der Waals surface area (Å²) >= 11 is 0. The summed E-state index contributed by atoms with van der Waals surface area (Å²) in [7, 11) is 3.55. The Hall–Kier alpha value is 0.300. The van der Waals surface area contributed by atoms with Crippen LogP contribution < -0.4 is 0 Å². The molecule has 0 aromatic carbocycles. The molecule has 1 nitrogen and oxygen atoms in total. The molecule has 0 aliphatic heterocycles. The molecule has 1 aliphatic carbocycles. The minimum absolute atomic E-state index is 0.0633. The van der Waals surface area contributed by atoms with Crippen molar-refractivity contribution in [3.8, 4) is 0 Å². The molecule has 1 aliphatic rings. The lowest BCUT2D eigenvalue weighted by atomic mass is 9.70. The molecule has 0 spiro atoms. The van der Waals surface area contributed by atoms with Crippen LogP contribution in [0, 0.1) is 5.41 Å². The van der Waals surface area contributed by atoms with Crippen molar-refractivity contribution in [2.45, 2.75) is 25.7 Å². The topological polar surface area (TPSA) is 17.1 Å². The monoisotopic (exact) mass is 202 g/mol. The Balaban J connectivity index is 2.53. The molecule has 0 heterocycles. The second-order valence-corrected chi connectivity index (χ2v) is 4.85. The summed E-state index contributed by atoms with van der Waals surface area (Å²) in [6.07, 6.45) is -0.649. The Morgan fingerprint density at radius 3 is 2.18 bits per heavy atom. The maximum Gasteiger partial charge on any atom is 0.245 e. The van der Waals surface area contributed by atoms with Crippen LogP contribution in [-0.4, -0.2) is 16.4 Å². The van der Waals surface area contributed by atoms with Crippen molar-refractivity contribution in [3.63, 3.8) is 0 Å². The first-order valence-corrected chi connectivity index (χ1v) is 5.54. The SMILES string of the molecule is O=S(Cl)CC1(C(F)F)CCC1. The van der Waals surface area contributed by atoms with Crippen molar-refractivity contribution < 1.29 is 13.0 Å². The van der Waals surface area contributed by atoms with Crippen molar-refractivity contribution in [1.29, 1.82) is 0 Å². The lowest BCUT2D eigenvalue weighted by molar-refractivity contribution is -0.0425. The maximum absolute atomic E-state index is 12.3. The van der Waals surface area contributed by atoms with Gasteiger partial charge < -0.3 is 0 Å². The first kappa shape index (κ1) is 9.39. The third kappa shape index (κ3) is 1.90. The number of alkyl halides is 2. The predicted octanol–water partition coefficient (Wildman–Crippen LogP) is 2.32. The smallest absolute Gasteiger partial charge is 0.243 e. The van der Waals surface area contributed by atoms with E-state index >= 15 is 0 Å². The van der Waals surface area contributed by atoms with Gasteiger partial charge in [-0.1, -0.05) is 6.42 Å². The molecule has 0 N–H and O–H groups in total. The van der Waals surface area contributed by atoms with Gasteiger partial charge in [0.2, 0.25) is 6.43 Å². The fraction of sp³-hybridized carbons (Fsp3) is 1.00. The van der Waals surface area contributed by atoms with Crippen molar-refractivity contribution in [1.82, 2.24) is 0 Å². The van der Waals surface area contributed by atoms with Gasteiger partial charge in [0.15, 0.2) is 0 Å². The van der Waals surface area contributed by atoms with Crippen molar-refractivity contribution in [3.05, 3.63) is 0 Å². The van der Waals surface area contributed by atoms with E-state index in [0.29, 0.717) is 12.8 Å². The molecule has 1 unspecified atom stereocenters. The van der Waals surface area contributed by atoms with Crippen LogP contribution >= 0.6 is 10.7 Å². The van der Waals surface area contributed by atoms with Gasteiger partial charge in [0.25, 0.3) is 0 Å². The van der Waals surface area contributed by atoms with Crippen LogP contribution in [0.3, 0.4) is 0 Å². The van der Waals surface area contributed by atoms with Crippen LogP contribution in [0.1, 0.15) is 19.3 Å². The van der Waals surface area contributed by atoms with E-state index in [0.717, 1.165) is 6.42 Å². The van der Waals surface area contributed by atoms with Crippen LogP contribution in [0.15, 0.2) is 0 Å². The number of halogens is 3. The highest BCUT2D eigenvalue weighted by Crippen LogP contribution is 2.46. The van der Waals surface area contributed by atoms with Gasteiger partial charge in [-0.15, -0.1) is 0 Å². The van der Waals surface area contributed by atoms with Crippen LogP contribution in [0.25, 0.3) is 0 Å². The molecule has 0 bridgehead atoms. The molecule has 66 valence electrons. The Bertz CT molecular complexity index is 170. The van der Waals surface area contributed by atoms with Crippen LogP contribution in [0.4, 0.5) is 8.78 Å². The number of hydrogen-bond donors (Lipinski definition) is 0. The van der Waals surface area contributed by atoms with Gasteiger partial charge >= 0.3 is 0 Å². The minimum atomic E-state index is -2.38. The summed E-state index contributed by atoms with van der Waals surface area (Å²) < 4.78 is 35.1. The Morgan fingerprint density at radius 1 is 1.55 bits per heavy atom. The highest BCUT2D eigenvalue weighted by Gasteiger charge is 2.46. The van der Waals surface area contributed by atoms with E-state index in [1.807, 2.05) is 0 Å². The van der Waals surface area contributed by atoms with E-state index in [-0.39, 0.29) is 5.75 Å². The van der Waals surface area contributed by atoms with Gasteiger partial charge in [-0.2, -0.15) is 0 Å². The van der Waals surface area contributed by atoms with Crippen molar-refractivity contribution in [2.75, 3.05) is 5.75 Å². The van der Waals surface area contributed by atoms with Crippen molar-refractivity contribution in [2.24, 2.45) is 5.41 Å². The molecule has 0 radical (unpaired) electrons. The standard InChI is InChI=1S/C6H9ClF2OS/c7-11(10)4-6(5(8)9)2-1-3-6/h5H,1-4H2. The molecule has 1 saturated carbocycles. The molecule has 0 aromatic heterocycles. The van der Waals surface area contributed by atoms with Gasteiger partial charge in [-0.25, -0.2) is 13.0 Å². The lowest BCUT2D eigenvalue weighted by Crippen LogP contribution is -2.40. The molecule has 1 atom stereocenters. The summed E-state index contributed by atoms with van der Waals surface area (Å²) in [6.45, 7) is 0. The Kier molecular flexibility index (Phi) is 2.86. The van der Waals surface area contributed by atoms with E-state index in [1.165, 1.54) is 0 Å². The predicted molar refractivity (Wildman–Crippen MR) is 41.2 cm³/mol. The second kappa shape index (κ2) is 3.35. The van der Waals surface area contributed by atoms with E-state index in [2.05, 4.69) is 0 Å². The van der Waals surface area contributed by atoms with Crippen molar-refractivity contribution >= 4 is 20.7 Å². The number of hydrogen-bond acceptors (Lipinski definition) is 1. The zero-order valence-electron chi connectivity index (χ0n) is 5.86. The zero-order chi connectivity index (χ0) is 8.48. The summed E-state index contributed by atoms with van der Waals surface area (Å²) in [5.74, 6) is -0.0633. The van der Waals surface area contributed by atoms with Gasteiger partial charge in [0, 0.05) is 11.2 Å². The summed E-state index contributed by atoms with van der Waals surface area (Å²) in [5.41, 5.74) is -1.02. The fourth-order valence-electron chi connectivity index (χ4n) is 1.28. The highest BCUT2D eigenvalue weighted by molar-refractivity contribution is 8.08. The van der Waals surface area contributed by atoms with Gasteiger partial charge in [0.1, 0.15) is 10.0 Å². The first-order chi connectivity index (χ1) is 5.07. The van der Waals surface area contributed by atoms with E-state index in [4.69, 9.17) is 10.7 Å². The molecule has 0 amide bonds. The highest BCUT2D eigenvalue weighted by atomic mass is 35.7. The molecular formula is C6H9ClF2OS. The van der Waals surface area contributed by atoms with Crippen LogP contribution in [0.2, 0.25) is 0 Å². The first-order valence-electron chi connectivity index (χ1n) is 3.40. The maximum atomic E-state index is 12.3. The average Bonchev–Trinajstić information content (AvgIpc) is 1.77. The van der Waals surface area contributed by atoms with Gasteiger partial charge in [-0.3, -0.25) is 0 Å². The largest absolute Gasteiger partial charge is 0.245 e. The van der Waals surface area contributed by atoms with E-state index in [9.17, 15) is 13.0 Å². The molecule has 1 rings (SSSR count). The third-order valence-corrected chi connectivity index (χ3v) is 3.34.